The number of rotatable bonds is 10. The third-order valence-electron chi connectivity index (χ3n) is 4.70. The molecular formula is C23H28N3NaO4S2. The molecule has 0 aliphatic carbocycles. The molecule has 0 bridgehead atoms. The summed E-state index contributed by atoms with van der Waals surface area (Å²) in [6.07, 6.45) is 6.53. The maximum atomic E-state index is 13.0. The van der Waals surface area contributed by atoms with Crippen LogP contribution in [0.25, 0.3) is 15.8 Å². The van der Waals surface area contributed by atoms with E-state index in [1.165, 1.54) is 11.3 Å². The van der Waals surface area contributed by atoms with Crippen molar-refractivity contribution in [2.45, 2.75) is 50.8 Å². The van der Waals surface area contributed by atoms with Crippen molar-refractivity contribution in [3.63, 3.8) is 0 Å². The average Bonchev–Trinajstić information content (AvgIpc) is 3.38. The topological polar surface area (TPSA) is 92.4 Å². The second-order valence-electron chi connectivity index (χ2n) is 7.98. The molecule has 33 heavy (non-hydrogen) atoms. The van der Waals surface area contributed by atoms with E-state index in [-0.39, 0.29) is 40.4 Å². The molecule has 0 radical (unpaired) electrons. The fraction of sp³-hybridized carbons (Fsp3) is 0.391. The number of imidazole rings is 1. The molecule has 172 valence electrons. The Labute approximate surface area is 221 Å². The van der Waals surface area contributed by atoms with Gasteiger partial charge < -0.3 is 14.0 Å². The molecular weight excluding hydrogens is 469 g/mol. The summed E-state index contributed by atoms with van der Waals surface area (Å²) < 4.78 is 36.3. The molecule has 0 unspecified atom stereocenters. The Morgan fingerprint density at radius 1 is 1.24 bits per heavy atom. The number of unbranched alkanes of at least 4 members (excludes halogenated alkanes) is 1. The van der Waals surface area contributed by atoms with Gasteiger partial charge in [-0.3, -0.25) is 4.79 Å². The Bertz CT molecular complexity index is 1130. The van der Waals surface area contributed by atoms with Crippen LogP contribution < -0.4 is 29.6 Å². The van der Waals surface area contributed by atoms with Gasteiger partial charge in [0, 0.05) is 29.4 Å². The Morgan fingerprint density at radius 3 is 2.58 bits per heavy atom. The fourth-order valence-electron chi connectivity index (χ4n) is 3.17. The Balaban J connectivity index is 0.00000385. The number of sulfonamides is 1. The van der Waals surface area contributed by atoms with E-state index in [4.69, 9.17) is 4.74 Å². The smallest absolute Gasteiger partial charge is 0.505 e. The normalized spacial score (nSPS) is 11.3. The van der Waals surface area contributed by atoms with E-state index in [0.29, 0.717) is 24.4 Å². The van der Waals surface area contributed by atoms with Crippen LogP contribution in [0.1, 0.15) is 44.1 Å². The second-order valence-corrected chi connectivity index (χ2v) is 10.9. The van der Waals surface area contributed by atoms with E-state index in [2.05, 4.69) is 23.6 Å². The monoisotopic (exact) mass is 497 g/mol. The molecule has 1 aromatic carbocycles. The van der Waals surface area contributed by atoms with Crippen LogP contribution in [0.15, 0.2) is 53.3 Å². The van der Waals surface area contributed by atoms with Crippen molar-refractivity contribution < 1.29 is 47.5 Å². The number of aromatic nitrogens is 2. The molecule has 0 atom stereocenters. The number of nitrogens with zero attached hydrogens (tertiary/aromatic N) is 3. The predicted molar refractivity (Wildman–Crippen MR) is 126 cm³/mol. The van der Waals surface area contributed by atoms with Crippen LogP contribution >= 0.6 is 11.3 Å². The summed E-state index contributed by atoms with van der Waals surface area (Å²) in [7, 11) is -4.18. The van der Waals surface area contributed by atoms with E-state index >= 15 is 0 Å². The molecule has 3 rings (SSSR count). The molecule has 0 aliphatic heterocycles. The van der Waals surface area contributed by atoms with Gasteiger partial charge in [-0.1, -0.05) is 51.5 Å². The number of hydrogen-bond donors (Lipinski definition) is 0. The molecule has 0 aliphatic rings. The fourth-order valence-corrected chi connectivity index (χ4v) is 5.93. The number of carbonyl (C=O) groups is 1. The number of ether oxygens (including phenoxy) is 1. The molecule has 0 saturated carbocycles. The molecule has 0 fully saturated rings. The summed E-state index contributed by atoms with van der Waals surface area (Å²) in [6, 6.07) is 9.60. The molecule has 2 aromatic heterocycles. The molecule has 1 amide bonds. The van der Waals surface area contributed by atoms with Crippen molar-refractivity contribution in [3.8, 4) is 11.1 Å². The maximum absolute atomic E-state index is 13.0. The quantitative estimate of drug-likeness (QED) is 0.317. The Kier molecular flexibility index (Phi) is 10.6. The summed E-state index contributed by atoms with van der Waals surface area (Å²) in [5.74, 6) is 0.366. The minimum absolute atomic E-state index is 0. The molecule has 0 spiro atoms. The van der Waals surface area contributed by atoms with Crippen LogP contribution in [0, 0.1) is 5.92 Å². The molecule has 0 N–H and O–H groups in total. The third kappa shape index (κ3) is 7.96. The number of carbonyl (C=O) groups excluding carboxylic acids is 1. The van der Waals surface area contributed by atoms with Gasteiger partial charge in [0.05, 0.1) is 12.9 Å². The number of hydrogen-bond acceptors (Lipinski definition) is 6. The van der Waals surface area contributed by atoms with Crippen LogP contribution in [-0.4, -0.2) is 30.7 Å². The zero-order valence-corrected chi connectivity index (χ0v) is 23.2. The van der Waals surface area contributed by atoms with Crippen LogP contribution in [0.5, 0.6) is 0 Å². The van der Waals surface area contributed by atoms with Crippen molar-refractivity contribution in [2.75, 3.05) is 6.61 Å². The first-order valence-corrected chi connectivity index (χ1v) is 12.9. The van der Waals surface area contributed by atoms with Gasteiger partial charge in [0.1, 0.15) is 14.2 Å². The van der Waals surface area contributed by atoms with Crippen molar-refractivity contribution in [1.82, 2.24) is 9.55 Å². The molecule has 7 nitrogen and oxygen atoms in total. The van der Waals surface area contributed by atoms with Crippen LogP contribution in [0.3, 0.4) is 0 Å². The van der Waals surface area contributed by atoms with E-state index < -0.39 is 16.1 Å². The molecule has 3 aromatic rings. The molecule has 10 heteroatoms. The van der Waals surface area contributed by atoms with Gasteiger partial charge in [0.25, 0.3) is 0 Å². The van der Waals surface area contributed by atoms with Crippen molar-refractivity contribution in [3.05, 3.63) is 64.2 Å². The first-order chi connectivity index (χ1) is 15.3. The van der Waals surface area contributed by atoms with Crippen LogP contribution in [-0.2, 0) is 27.7 Å². The SMILES string of the molecule is CCCCOC(=O)[N-]S(=O)(=O)c1sc(CC(C)C)cc1-c1ccc(Cn2ccnc2)cc1.[Na+]. The minimum atomic E-state index is -4.18. The van der Waals surface area contributed by atoms with Gasteiger partial charge >= 0.3 is 29.6 Å². The van der Waals surface area contributed by atoms with Gasteiger partial charge in [0.15, 0.2) is 0 Å². The third-order valence-corrected chi connectivity index (χ3v) is 7.61. The first-order valence-electron chi connectivity index (χ1n) is 10.6. The van der Waals surface area contributed by atoms with Crippen molar-refractivity contribution >= 4 is 27.5 Å². The van der Waals surface area contributed by atoms with E-state index in [0.717, 1.165) is 28.8 Å². The number of benzene rings is 1. The van der Waals surface area contributed by atoms with Crippen molar-refractivity contribution in [2.24, 2.45) is 5.92 Å². The van der Waals surface area contributed by atoms with E-state index in [9.17, 15) is 13.2 Å². The summed E-state index contributed by atoms with van der Waals surface area (Å²) in [6.45, 7) is 6.94. The van der Waals surface area contributed by atoms with Crippen LogP contribution in [0.4, 0.5) is 4.79 Å². The second kappa shape index (κ2) is 12.7. The van der Waals surface area contributed by atoms with Gasteiger partial charge in [0.2, 0.25) is 6.09 Å². The van der Waals surface area contributed by atoms with Gasteiger partial charge in [-0.25, -0.2) is 13.4 Å². The van der Waals surface area contributed by atoms with Gasteiger partial charge in [-0.2, -0.15) is 0 Å². The summed E-state index contributed by atoms with van der Waals surface area (Å²) >= 11 is 1.17. The minimum Gasteiger partial charge on any atom is -0.505 e. The predicted octanol–water partition coefficient (Wildman–Crippen LogP) is 2.86. The Morgan fingerprint density at radius 2 is 1.97 bits per heavy atom. The zero-order chi connectivity index (χ0) is 23.1. The van der Waals surface area contributed by atoms with Crippen LogP contribution in [0.2, 0.25) is 0 Å². The number of thiophene rings is 1. The van der Waals surface area contributed by atoms with Crippen molar-refractivity contribution in [1.29, 1.82) is 0 Å². The largest absolute Gasteiger partial charge is 1.00 e. The van der Waals surface area contributed by atoms with Gasteiger partial charge in [-0.15, -0.1) is 11.3 Å². The average molecular weight is 498 g/mol. The Hall–Kier alpha value is -1.65. The molecule has 0 saturated heterocycles. The van der Waals surface area contributed by atoms with E-state index in [1.807, 2.05) is 48.0 Å². The maximum Gasteiger partial charge on any atom is 1.00 e. The summed E-state index contributed by atoms with van der Waals surface area (Å²) in [5.41, 5.74) is 2.39. The summed E-state index contributed by atoms with van der Waals surface area (Å²) in [4.78, 5) is 16.9. The number of amides is 1. The first kappa shape index (κ1) is 27.6. The standard InChI is InChI=1S/C23H29N3O4S2.Na/c1-4-5-12-30-23(27)25-32(28,29)22-21(14-20(31-22)13-17(2)3)19-8-6-18(7-9-19)15-26-11-10-24-16-26;/h6-11,14,16-17H,4-5,12-13,15H2,1-3H3,(H,25,27);/q;+1/p-1. The zero-order valence-electron chi connectivity index (χ0n) is 19.5. The van der Waals surface area contributed by atoms with E-state index in [1.54, 1.807) is 12.5 Å². The van der Waals surface area contributed by atoms with Gasteiger partial charge in [-0.05, 0) is 36.0 Å². The molecule has 2 heterocycles. The summed E-state index contributed by atoms with van der Waals surface area (Å²) in [5, 5.41) is 0.